The molecular formula is C17H13F2N3O3. The number of aliphatic hydroxyl groups is 1. The van der Waals surface area contributed by atoms with Crippen LogP contribution in [-0.2, 0) is 0 Å². The molecule has 6 nitrogen and oxygen atoms in total. The Morgan fingerprint density at radius 2 is 1.76 bits per heavy atom. The first kappa shape index (κ1) is 16.7. The van der Waals surface area contributed by atoms with Gasteiger partial charge in [-0.05, 0) is 18.2 Å². The van der Waals surface area contributed by atoms with Crippen LogP contribution in [-0.4, -0.2) is 27.8 Å². The maximum atomic E-state index is 13.6. The van der Waals surface area contributed by atoms with E-state index in [9.17, 15) is 23.5 Å². The van der Waals surface area contributed by atoms with Crippen molar-refractivity contribution in [1.82, 2.24) is 15.5 Å². The highest BCUT2D eigenvalue weighted by atomic mass is 19.1. The number of benzene rings is 2. The molecule has 1 amide bonds. The Balaban J connectivity index is 1.82. The van der Waals surface area contributed by atoms with E-state index in [0.29, 0.717) is 5.39 Å². The zero-order valence-corrected chi connectivity index (χ0v) is 12.8. The third-order valence-corrected chi connectivity index (χ3v) is 3.70. The molecule has 0 fully saturated rings. The summed E-state index contributed by atoms with van der Waals surface area (Å²) in [6.45, 7) is -0.425. The van der Waals surface area contributed by atoms with E-state index >= 15 is 0 Å². The van der Waals surface area contributed by atoms with Gasteiger partial charge in [-0.15, -0.1) is 0 Å². The number of fused-ring (bicyclic) bond motifs is 1. The minimum atomic E-state index is -1.57. The third-order valence-electron chi connectivity index (χ3n) is 3.70. The summed E-state index contributed by atoms with van der Waals surface area (Å²) in [7, 11) is 0. The number of carbonyl (C=O) groups is 1. The molecule has 1 aromatic heterocycles. The molecule has 3 N–H and O–H groups in total. The van der Waals surface area contributed by atoms with E-state index in [0.717, 1.165) is 12.1 Å². The van der Waals surface area contributed by atoms with Crippen molar-refractivity contribution in [3.05, 3.63) is 75.7 Å². The van der Waals surface area contributed by atoms with Crippen LogP contribution in [0, 0.1) is 11.6 Å². The molecule has 0 saturated carbocycles. The third kappa shape index (κ3) is 3.24. The van der Waals surface area contributed by atoms with E-state index in [4.69, 9.17) is 0 Å². The van der Waals surface area contributed by atoms with E-state index in [1.54, 1.807) is 18.2 Å². The molecule has 2 aromatic carbocycles. The number of aromatic amines is 1. The first-order chi connectivity index (χ1) is 12.0. The molecule has 3 aromatic rings. The Morgan fingerprint density at radius 1 is 1.12 bits per heavy atom. The number of amides is 1. The fraction of sp³-hybridized carbons (Fsp3) is 0.118. The number of H-pyrrole nitrogens is 1. The first-order valence-electron chi connectivity index (χ1n) is 7.36. The van der Waals surface area contributed by atoms with Crippen LogP contribution >= 0.6 is 0 Å². The number of carbonyl (C=O) groups excluding carboxylic acids is 1. The van der Waals surface area contributed by atoms with Crippen molar-refractivity contribution >= 4 is 16.7 Å². The van der Waals surface area contributed by atoms with Crippen molar-refractivity contribution in [2.45, 2.75) is 6.10 Å². The van der Waals surface area contributed by atoms with E-state index in [1.807, 2.05) is 0 Å². The lowest BCUT2D eigenvalue weighted by Crippen LogP contribution is -2.31. The number of nitrogens with one attached hydrogen (secondary N) is 2. The smallest absolute Gasteiger partial charge is 0.272 e. The summed E-state index contributed by atoms with van der Waals surface area (Å²) >= 11 is 0. The highest BCUT2D eigenvalue weighted by Crippen LogP contribution is 2.20. The summed E-state index contributed by atoms with van der Waals surface area (Å²) in [5, 5.41) is 18.9. The quantitative estimate of drug-likeness (QED) is 0.670. The highest BCUT2D eigenvalue weighted by Gasteiger charge is 2.20. The molecule has 0 aliphatic heterocycles. The Labute approximate surface area is 140 Å². The molecule has 0 spiro atoms. The minimum absolute atomic E-state index is 0.0589. The van der Waals surface area contributed by atoms with Gasteiger partial charge in [-0.1, -0.05) is 24.3 Å². The van der Waals surface area contributed by atoms with Crippen molar-refractivity contribution in [3.8, 4) is 0 Å². The van der Waals surface area contributed by atoms with E-state index in [1.165, 1.54) is 12.1 Å². The van der Waals surface area contributed by atoms with Gasteiger partial charge in [0.05, 0.1) is 10.9 Å². The highest BCUT2D eigenvalue weighted by molar-refractivity contribution is 6.04. The second-order valence-corrected chi connectivity index (χ2v) is 5.31. The van der Waals surface area contributed by atoms with Crippen molar-refractivity contribution in [2.24, 2.45) is 0 Å². The molecule has 0 aliphatic rings. The van der Waals surface area contributed by atoms with Gasteiger partial charge in [-0.2, -0.15) is 5.10 Å². The molecule has 0 aliphatic carbocycles. The maximum absolute atomic E-state index is 13.6. The predicted octanol–water partition coefficient (Wildman–Crippen LogP) is 1.66. The average Bonchev–Trinajstić information content (AvgIpc) is 2.60. The number of hydrogen-bond acceptors (Lipinski definition) is 4. The van der Waals surface area contributed by atoms with Crippen molar-refractivity contribution in [3.63, 3.8) is 0 Å². The minimum Gasteiger partial charge on any atom is -0.386 e. The number of aromatic nitrogens is 2. The van der Waals surface area contributed by atoms with E-state index in [2.05, 4.69) is 15.5 Å². The zero-order chi connectivity index (χ0) is 18.0. The van der Waals surface area contributed by atoms with Crippen LogP contribution < -0.4 is 10.9 Å². The molecule has 0 saturated heterocycles. The van der Waals surface area contributed by atoms with Gasteiger partial charge >= 0.3 is 0 Å². The van der Waals surface area contributed by atoms with Gasteiger partial charge in [0.15, 0.2) is 5.69 Å². The molecule has 0 radical (unpaired) electrons. The lowest BCUT2D eigenvalue weighted by molar-refractivity contribution is 0.0907. The van der Waals surface area contributed by atoms with Gasteiger partial charge in [-0.25, -0.2) is 13.9 Å². The van der Waals surface area contributed by atoms with Gasteiger partial charge in [0.2, 0.25) is 0 Å². The molecule has 1 atom stereocenters. The number of hydrogen-bond donors (Lipinski definition) is 3. The van der Waals surface area contributed by atoms with Crippen LogP contribution in [0.3, 0.4) is 0 Å². The Kier molecular flexibility index (Phi) is 4.53. The molecule has 8 heteroatoms. The summed E-state index contributed by atoms with van der Waals surface area (Å²) in [6, 6.07) is 9.58. The van der Waals surface area contributed by atoms with Crippen LogP contribution in [0.2, 0.25) is 0 Å². The van der Waals surface area contributed by atoms with Crippen LogP contribution in [0.5, 0.6) is 0 Å². The summed E-state index contributed by atoms with van der Waals surface area (Å²) in [6.07, 6.45) is -1.57. The Bertz CT molecular complexity index is 984. The lowest BCUT2D eigenvalue weighted by Gasteiger charge is -2.14. The monoisotopic (exact) mass is 345 g/mol. The SMILES string of the molecule is O=C(NCC(O)c1c(F)cccc1F)c1n[nH]c(=O)c2ccccc12. The van der Waals surface area contributed by atoms with Gasteiger partial charge in [0, 0.05) is 11.9 Å². The summed E-state index contributed by atoms with van der Waals surface area (Å²) < 4.78 is 27.3. The fourth-order valence-corrected chi connectivity index (χ4v) is 2.49. The van der Waals surface area contributed by atoms with E-state index < -0.39 is 41.3 Å². The molecule has 128 valence electrons. The summed E-state index contributed by atoms with van der Waals surface area (Å²) in [5.41, 5.74) is -1.03. The van der Waals surface area contributed by atoms with E-state index in [-0.39, 0.29) is 11.1 Å². The topological polar surface area (TPSA) is 95.1 Å². The first-order valence-corrected chi connectivity index (χ1v) is 7.36. The second-order valence-electron chi connectivity index (χ2n) is 5.31. The van der Waals surface area contributed by atoms with Gasteiger partial charge in [-0.3, -0.25) is 9.59 Å². The number of rotatable bonds is 4. The molecule has 0 bridgehead atoms. The molecule has 25 heavy (non-hydrogen) atoms. The van der Waals surface area contributed by atoms with Crippen LogP contribution in [0.25, 0.3) is 10.8 Å². The molecule has 1 unspecified atom stereocenters. The summed E-state index contributed by atoms with van der Waals surface area (Å²) in [5.74, 6) is -2.51. The molecule has 3 rings (SSSR count). The Morgan fingerprint density at radius 3 is 2.44 bits per heavy atom. The van der Waals surface area contributed by atoms with Crippen molar-refractivity contribution in [2.75, 3.05) is 6.54 Å². The molecular weight excluding hydrogens is 332 g/mol. The van der Waals surface area contributed by atoms with Gasteiger partial charge in [0.1, 0.15) is 17.7 Å². The molecule has 1 heterocycles. The largest absolute Gasteiger partial charge is 0.386 e. The maximum Gasteiger partial charge on any atom is 0.272 e. The van der Waals surface area contributed by atoms with Crippen molar-refractivity contribution < 1.29 is 18.7 Å². The van der Waals surface area contributed by atoms with Gasteiger partial charge < -0.3 is 10.4 Å². The van der Waals surface area contributed by atoms with Crippen LogP contribution in [0.4, 0.5) is 8.78 Å². The number of nitrogens with zero attached hydrogens (tertiary/aromatic N) is 1. The van der Waals surface area contributed by atoms with Crippen LogP contribution in [0.15, 0.2) is 47.3 Å². The second kappa shape index (κ2) is 6.78. The normalized spacial score (nSPS) is 12.1. The number of aliphatic hydroxyl groups excluding tert-OH is 1. The van der Waals surface area contributed by atoms with Crippen molar-refractivity contribution in [1.29, 1.82) is 0 Å². The lowest BCUT2D eigenvalue weighted by atomic mass is 10.1. The average molecular weight is 345 g/mol. The summed E-state index contributed by atoms with van der Waals surface area (Å²) in [4.78, 5) is 24.0. The van der Waals surface area contributed by atoms with Crippen LogP contribution in [0.1, 0.15) is 22.2 Å². The fourth-order valence-electron chi connectivity index (χ4n) is 2.49. The number of halogens is 2. The zero-order valence-electron chi connectivity index (χ0n) is 12.8. The van der Waals surface area contributed by atoms with Gasteiger partial charge in [0.25, 0.3) is 11.5 Å². The Hall–Kier alpha value is -3.13. The predicted molar refractivity (Wildman–Crippen MR) is 86.0 cm³/mol. The standard InChI is InChI=1S/C17H13F2N3O3/c18-11-6-3-7-12(19)14(11)13(23)8-20-17(25)15-9-4-1-2-5-10(9)16(24)22-21-15/h1-7,13,23H,8H2,(H,20,25)(H,22,24).